The monoisotopic (exact) mass is 474 g/mol. The summed E-state index contributed by atoms with van der Waals surface area (Å²) in [5.41, 5.74) is 4.66. The van der Waals surface area contributed by atoms with Crippen molar-refractivity contribution in [3.63, 3.8) is 0 Å². The van der Waals surface area contributed by atoms with Crippen LogP contribution in [0.15, 0.2) is 48.5 Å². The van der Waals surface area contributed by atoms with E-state index in [2.05, 4.69) is 29.6 Å². The van der Waals surface area contributed by atoms with Crippen molar-refractivity contribution in [3.8, 4) is 11.1 Å². The van der Waals surface area contributed by atoms with Crippen LogP contribution in [0.25, 0.3) is 11.1 Å². The van der Waals surface area contributed by atoms with E-state index < -0.39 is 18.1 Å². The number of likely N-dealkylation sites (tertiary alicyclic amines) is 1. The standard InChI is InChI=1S/C28H30N2O5/c31-26(30-13-5-10-23(30)27(32)33)24-16-11-12-17(14-16)25(24)29-28(34)35-15-22-20-8-3-1-6-18(20)19-7-2-4-9-21(19)22/h1-4,6-9,16-17,22-25H,5,10-15H2,(H,29,34)(H,32,33). The van der Waals surface area contributed by atoms with E-state index in [1.165, 1.54) is 16.0 Å². The maximum atomic E-state index is 13.5. The molecule has 0 aromatic heterocycles. The molecule has 1 aliphatic heterocycles. The zero-order valence-corrected chi connectivity index (χ0v) is 19.6. The molecule has 3 aliphatic carbocycles. The van der Waals surface area contributed by atoms with Gasteiger partial charge < -0.3 is 20.1 Å². The minimum atomic E-state index is -0.944. The minimum Gasteiger partial charge on any atom is -0.480 e. The van der Waals surface area contributed by atoms with Gasteiger partial charge in [-0.15, -0.1) is 0 Å². The molecule has 5 atom stereocenters. The van der Waals surface area contributed by atoms with E-state index >= 15 is 0 Å². The number of carbonyl (C=O) groups excluding carboxylic acids is 2. The smallest absolute Gasteiger partial charge is 0.407 e. The van der Waals surface area contributed by atoms with Crippen LogP contribution in [-0.4, -0.2) is 53.2 Å². The fraction of sp³-hybridized carbons (Fsp3) is 0.464. The van der Waals surface area contributed by atoms with Crippen LogP contribution in [-0.2, 0) is 14.3 Å². The summed E-state index contributed by atoms with van der Waals surface area (Å²) in [5, 5.41) is 12.6. The van der Waals surface area contributed by atoms with Gasteiger partial charge in [0, 0.05) is 18.5 Å². The van der Waals surface area contributed by atoms with Gasteiger partial charge in [-0.25, -0.2) is 9.59 Å². The third-order valence-corrected chi connectivity index (χ3v) is 8.65. The Hall–Kier alpha value is -3.35. The van der Waals surface area contributed by atoms with Gasteiger partial charge in [0.15, 0.2) is 0 Å². The van der Waals surface area contributed by atoms with Crippen LogP contribution in [0.3, 0.4) is 0 Å². The van der Waals surface area contributed by atoms with Gasteiger partial charge in [0.05, 0.1) is 5.92 Å². The second-order valence-electron chi connectivity index (χ2n) is 10.4. The zero-order valence-electron chi connectivity index (χ0n) is 19.6. The summed E-state index contributed by atoms with van der Waals surface area (Å²) in [4.78, 5) is 39.6. The maximum Gasteiger partial charge on any atom is 0.407 e. The Morgan fingerprint density at radius 3 is 2.29 bits per heavy atom. The Balaban J connectivity index is 1.15. The van der Waals surface area contributed by atoms with Crippen molar-refractivity contribution < 1.29 is 24.2 Å². The summed E-state index contributed by atoms with van der Waals surface area (Å²) in [7, 11) is 0. The van der Waals surface area contributed by atoms with E-state index in [1.54, 1.807) is 0 Å². The molecule has 2 aromatic rings. The number of carboxylic acid groups (broad SMARTS) is 1. The highest BCUT2D eigenvalue weighted by Gasteiger charge is 2.54. The van der Waals surface area contributed by atoms with Gasteiger partial charge in [0.1, 0.15) is 12.6 Å². The van der Waals surface area contributed by atoms with Crippen molar-refractivity contribution in [1.29, 1.82) is 0 Å². The molecule has 2 bridgehead atoms. The molecule has 0 spiro atoms. The van der Waals surface area contributed by atoms with Gasteiger partial charge in [0.2, 0.25) is 5.91 Å². The molecule has 4 aliphatic rings. The molecule has 3 fully saturated rings. The number of nitrogens with one attached hydrogen (secondary N) is 1. The second-order valence-corrected chi connectivity index (χ2v) is 10.4. The predicted octanol–water partition coefficient (Wildman–Crippen LogP) is 4.02. The zero-order chi connectivity index (χ0) is 24.1. The molecule has 5 unspecified atom stereocenters. The van der Waals surface area contributed by atoms with Crippen LogP contribution in [0.2, 0.25) is 0 Å². The Morgan fingerprint density at radius 2 is 1.60 bits per heavy atom. The molecule has 7 nitrogen and oxygen atoms in total. The fourth-order valence-electron chi connectivity index (χ4n) is 7.11. The largest absolute Gasteiger partial charge is 0.480 e. The second kappa shape index (κ2) is 8.70. The summed E-state index contributed by atoms with van der Waals surface area (Å²) < 4.78 is 5.75. The average molecular weight is 475 g/mol. The van der Waals surface area contributed by atoms with Crippen molar-refractivity contribution in [2.24, 2.45) is 17.8 Å². The van der Waals surface area contributed by atoms with Crippen LogP contribution < -0.4 is 5.32 Å². The SMILES string of the molecule is O=C(NC1C2CCC(C2)C1C(=O)N1CCCC1C(=O)O)OCC1c2ccccc2-c2ccccc21. The number of benzene rings is 2. The highest BCUT2D eigenvalue weighted by molar-refractivity contribution is 5.87. The summed E-state index contributed by atoms with van der Waals surface area (Å²) in [6.45, 7) is 0.702. The van der Waals surface area contributed by atoms with Crippen molar-refractivity contribution in [3.05, 3.63) is 59.7 Å². The average Bonchev–Trinajstić information content (AvgIpc) is 3.65. The highest BCUT2D eigenvalue weighted by Crippen LogP contribution is 2.50. The third kappa shape index (κ3) is 3.68. The van der Waals surface area contributed by atoms with Gasteiger partial charge >= 0.3 is 12.1 Å². The van der Waals surface area contributed by atoms with Crippen LogP contribution in [0, 0.1) is 17.8 Å². The van der Waals surface area contributed by atoms with Gasteiger partial charge in [0.25, 0.3) is 0 Å². The lowest BCUT2D eigenvalue weighted by atomic mass is 9.83. The van der Waals surface area contributed by atoms with Crippen LogP contribution in [0.1, 0.15) is 49.1 Å². The first-order valence-electron chi connectivity index (χ1n) is 12.7. The van der Waals surface area contributed by atoms with E-state index in [0.717, 1.165) is 30.4 Å². The first-order chi connectivity index (χ1) is 17.0. The molecule has 1 saturated heterocycles. The fourth-order valence-corrected chi connectivity index (χ4v) is 7.11. The lowest BCUT2D eigenvalue weighted by Crippen LogP contribution is -2.53. The molecule has 2 saturated carbocycles. The Kier molecular flexibility index (Phi) is 5.50. The van der Waals surface area contributed by atoms with E-state index in [9.17, 15) is 19.5 Å². The summed E-state index contributed by atoms with van der Waals surface area (Å²) in [5.74, 6) is -1.02. The van der Waals surface area contributed by atoms with E-state index in [4.69, 9.17) is 4.74 Å². The molecule has 6 rings (SSSR count). The van der Waals surface area contributed by atoms with Crippen LogP contribution in [0.5, 0.6) is 0 Å². The number of alkyl carbamates (subject to hydrolysis) is 1. The molecular formula is C28H30N2O5. The summed E-state index contributed by atoms with van der Waals surface area (Å²) >= 11 is 0. The Bertz CT molecular complexity index is 1130. The van der Waals surface area contributed by atoms with Gasteiger partial charge in [-0.2, -0.15) is 0 Å². The maximum absolute atomic E-state index is 13.5. The Morgan fingerprint density at radius 1 is 0.943 bits per heavy atom. The predicted molar refractivity (Wildman–Crippen MR) is 129 cm³/mol. The third-order valence-electron chi connectivity index (χ3n) is 8.65. The lowest BCUT2D eigenvalue weighted by Gasteiger charge is -2.34. The number of aliphatic carboxylic acids is 1. The van der Waals surface area contributed by atoms with Gasteiger partial charge in [-0.3, -0.25) is 4.79 Å². The number of nitrogens with zero attached hydrogens (tertiary/aromatic N) is 1. The van der Waals surface area contributed by atoms with Crippen molar-refractivity contribution in [1.82, 2.24) is 10.2 Å². The number of ether oxygens (including phenoxy) is 1. The first kappa shape index (κ1) is 22.1. The lowest BCUT2D eigenvalue weighted by molar-refractivity contribution is -0.151. The molecule has 1 heterocycles. The molecule has 35 heavy (non-hydrogen) atoms. The van der Waals surface area contributed by atoms with Gasteiger partial charge in [-0.1, -0.05) is 48.5 Å². The highest BCUT2D eigenvalue weighted by atomic mass is 16.5. The number of hydrogen-bond donors (Lipinski definition) is 2. The number of carbonyl (C=O) groups is 3. The molecule has 182 valence electrons. The van der Waals surface area contributed by atoms with Gasteiger partial charge in [-0.05, 0) is 66.2 Å². The summed E-state index contributed by atoms with van der Waals surface area (Å²) in [6.07, 6.45) is 3.52. The topological polar surface area (TPSA) is 95.9 Å². The number of rotatable bonds is 5. The molecule has 2 N–H and O–H groups in total. The van der Waals surface area contributed by atoms with E-state index in [-0.39, 0.29) is 42.2 Å². The van der Waals surface area contributed by atoms with Crippen molar-refractivity contribution in [2.75, 3.05) is 13.2 Å². The number of fused-ring (bicyclic) bond motifs is 5. The van der Waals surface area contributed by atoms with Crippen LogP contribution >= 0.6 is 0 Å². The Labute approximate surface area is 204 Å². The quantitative estimate of drug-likeness (QED) is 0.683. The normalized spacial score (nSPS) is 28.6. The number of hydrogen-bond acceptors (Lipinski definition) is 4. The molecule has 7 heteroatoms. The molecule has 2 amide bonds. The molecular weight excluding hydrogens is 444 g/mol. The molecule has 2 aromatic carbocycles. The van der Waals surface area contributed by atoms with Crippen LogP contribution in [0.4, 0.5) is 4.79 Å². The molecule has 0 radical (unpaired) electrons. The van der Waals surface area contributed by atoms with Crippen molar-refractivity contribution >= 4 is 18.0 Å². The summed E-state index contributed by atoms with van der Waals surface area (Å²) in [6, 6.07) is 15.4. The van der Waals surface area contributed by atoms with E-state index in [0.29, 0.717) is 19.4 Å². The number of amides is 2. The van der Waals surface area contributed by atoms with Crippen molar-refractivity contribution in [2.45, 2.75) is 50.1 Å². The van der Waals surface area contributed by atoms with E-state index in [1.807, 2.05) is 24.3 Å². The first-order valence-corrected chi connectivity index (χ1v) is 12.7. The minimum absolute atomic E-state index is 0.0217. The number of carboxylic acids is 1.